The highest BCUT2D eigenvalue weighted by Gasteiger charge is 2.11. The Morgan fingerprint density at radius 3 is 2.62 bits per heavy atom. The number of ether oxygens (including phenoxy) is 2. The van der Waals surface area contributed by atoms with Crippen LogP contribution in [0.2, 0.25) is 0 Å². The second-order valence-corrected chi connectivity index (χ2v) is 4.78. The number of carbonyl (C=O) groups excluding carboxylic acids is 1. The number of aromatic amines is 1. The summed E-state index contributed by atoms with van der Waals surface area (Å²) < 4.78 is 23.9. The Morgan fingerprint density at radius 1 is 1.25 bits per heavy atom. The number of rotatable bonds is 5. The quantitative estimate of drug-likeness (QED) is 0.827. The highest BCUT2D eigenvalue weighted by atomic mass is 19.1. The van der Waals surface area contributed by atoms with Crippen LogP contribution < -0.4 is 26.0 Å². The van der Waals surface area contributed by atoms with E-state index in [4.69, 9.17) is 9.47 Å². The number of halogens is 1. The van der Waals surface area contributed by atoms with Gasteiger partial charge in [-0.3, -0.25) is 9.78 Å². The van der Waals surface area contributed by atoms with Gasteiger partial charge < -0.3 is 14.8 Å². The molecule has 0 atom stereocenters. The fraction of sp³-hybridized carbons (Fsp3) is 0.267. The molecule has 24 heavy (non-hydrogen) atoms. The zero-order valence-electron chi connectivity index (χ0n) is 13.1. The lowest BCUT2D eigenvalue weighted by Crippen LogP contribution is -2.41. The molecule has 0 aliphatic carbocycles. The van der Waals surface area contributed by atoms with Crippen molar-refractivity contribution >= 4 is 6.03 Å². The van der Waals surface area contributed by atoms with Crippen LogP contribution in [0.3, 0.4) is 0 Å². The number of aromatic nitrogens is 2. The summed E-state index contributed by atoms with van der Waals surface area (Å²) in [6.45, 7) is 0.196. The molecule has 2 aromatic rings. The maximum atomic E-state index is 13.2. The van der Waals surface area contributed by atoms with Crippen LogP contribution >= 0.6 is 0 Å². The minimum atomic E-state index is -1.22. The summed E-state index contributed by atoms with van der Waals surface area (Å²) in [5, 5.41) is 2.46. The van der Waals surface area contributed by atoms with Gasteiger partial charge in [0.1, 0.15) is 0 Å². The first kappa shape index (κ1) is 17.3. The predicted octanol–water partition coefficient (Wildman–Crippen LogP) is 0.493. The minimum Gasteiger partial charge on any atom is -0.493 e. The summed E-state index contributed by atoms with van der Waals surface area (Å²) in [5.74, 6) is -0.0783. The summed E-state index contributed by atoms with van der Waals surface area (Å²) in [4.78, 5) is 36.0. The molecule has 0 fully saturated rings. The van der Waals surface area contributed by atoms with Gasteiger partial charge in [0.15, 0.2) is 11.5 Å². The van der Waals surface area contributed by atoms with E-state index >= 15 is 0 Å². The second-order valence-electron chi connectivity index (χ2n) is 4.78. The normalized spacial score (nSPS) is 10.3. The average Bonchev–Trinajstić information content (AvgIpc) is 2.57. The molecule has 1 heterocycles. The van der Waals surface area contributed by atoms with E-state index < -0.39 is 23.1 Å². The summed E-state index contributed by atoms with van der Waals surface area (Å²) in [6.07, 6.45) is 1.000. The summed E-state index contributed by atoms with van der Waals surface area (Å²) >= 11 is 0. The summed E-state index contributed by atoms with van der Waals surface area (Å²) in [7, 11) is 3.04. The van der Waals surface area contributed by atoms with Crippen LogP contribution in [0.4, 0.5) is 9.18 Å². The molecule has 0 saturated carbocycles. The van der Waals surface area contributed by atoms with Gasteiger partial charge in [0.25, 0.3) is 5.56 Å². The van der Waals surface area contributed by atoms with Crippen molar-refractivity contribution in [3.05, 3.63) is 56.6 Å². The minimum absolute atomic E-state index is 0.196. The zero-order valence-corrected chi connectivity index (χ0v) is 13.1. The molecule has 2 rings (SSSR count). The number of nitrogens with zero attached hydrogens (tertiary/aromatic N) is 1. The third kappa shape index (κ3) is 3.80. The topological polar surface area (TPSA) is 102 Å². The second kappa shape index (κ2) is 7.44. The number of nitrogens with one attached hydrogen (secondary N) is 2. The molecule has 0 aliphatic rings. The first-order valence-corrected chi connectivity index (χ1v) is 6.97. The Morgan fingerprint density at radius 2 is 1.96 bits per heavy atom. The van der Waals surface area contributed by atoms with E-state index in [1.807, 2.05) is 0 Å². The molecule has 128 valence electrons. The van der Waals surface area contributed by atoms with Crippen LogP contribution in [0.5, 0.6) is 11.5 Å². The lowest BCUT2D eigenvalue weighted by atomic mass is 10.1. The van der Waals surface area contributed by atoms with Gasteiger partial charge >= 0.3 is 11.7 Å². The van der Waals surface area contributed by atoms with E-state index in [2.05, 4.69) is 5.32 Å². The molecule has 0 bridgehead atoms. The molecule has 2 N–H and O–H groups in total. The van der Waals surface area contributed by atoms with Crippen LogP contribution in [-0.4, -0.2) is 36.3 Å². The molecule has 8 nitrogen and oxygen atoms in total. The first-order chi connectivity index (χ1) is 11.5. The molecule has 1 aromatic carbocycles. The van der Waals surface area contributed by atoms with Gasteiger partial charge in [-0.1, -0.05) is 6.07 Å². The van der Waals surface area contributed by atoms with Crippen LogP contribution in [0.25, 0.3) is 0 Å². The molecule has 1 aromatic heterocycles. The Labute approximate surface area is 135 Å². The molecule has 0 radical (unpaired) electrons. The Balaban J connectivity index is 2.02. The summed E-state index contributed by atoms with van der Waals surface area (Å²) in [5.41, 5.74) is -1.31. The Hall–Kier alpha value is -3.10. The van der Waals surface area contributed by atoms with Crippen molar-refractivity contribution in [3.63, 3.8) is 0 Å². The van der Waals surface area contributed by atoms with Crippen molar-refractivity contribution in [1.82, 2.24) is 14.9 Å². The Bertz CT molecular complexity index is 859. The largest absolute Gasteiger partial charge is 0.493 e. The van der Waals surface area contributed by atoms with Crippen molar-refractivity contribution in [3.8, 4) is 11.5 Å². The van der Waals surface area contributed by atoms with E-state index in [1.54, 1.807) is 23.2 Å². The molecule has 0 unspecified atom stereocenters. The van der Waals surface area contributed by atoms with Gasteiger partial charge in [0, 0.05) is 6.54 Å². The van der Waals surface area contributed by atoms with Crippen molar-refractivity contribution in [1.29, 1.82) is 0 Å². The van der Waals surface area contributed by atoms with Crippen molar-refractivity contribution < 1.29 is 18.7 Å². The van der Waals surface area contributed by atoms with Crippen LogP contribution in [0.15, 0.2) is 34.0 Å². The Kier molecular flexibility index (Phi) is 5.35. The summed E-state index contributed by atoms with van der Waals surface area (Å²) in [6, 6.07) is 4.46. The van der Waals surface area contributed by atoms with Gasteiger partial charge in [-0.15, -0.1) is 0 Å². The average molecular weight is 337 g/mol. The molecule has 0 saturated heterocycles. The van der Waals surface area contributed by atoms with Crippen molar-refractivity contribution in [2.24, 2.45) is 0 Å². The van der Waals surface area contributed by atoms with Crippen molar-refractivity contribution in [2.75, 3.05) is 20.8 Å². The molecule has 1 amide bonds. The number of amides is 1. The van der Waals surface area contributed by atoms with Gasteiger partial charge in [-0.05, 0) is 24.1 Å². The molecular weight excluding hydrogens is 321 g/mol. The first-order valence-electron chi connectivity index (χ1n) is 6.97. The molecule has 9 heteroatoms. The molecular formula is C15H16FN3O5. The van der Waals surface area contributed by atoms with Gasteiger partial charge in [0.2, 0.25) is 5.82 Å². The fourth-order valence-electron chi connectivity index (χ4n) is 2.03. The predicted molar refractivity (Wildman–Crippen MR) is 83.3 cm³/mol. The third-order valence-electron chi connectivity index (χ3n) is 3.26. The van der Waals surface area contributed by atoms with E-state index in [-0.39, 0.29) is 6.54 Å². The molecule has 0 aliphatic heterocycles. The number of hydrogen-bond acceptors (Lipinski definition) is 5. The highest BCUT2D eigenvalue weighted by Crippen LogP contribution is 2.27. The highest BCUT2D eigenvalue weighted by molar-refractivity contribution is 5.76. The molecule has 0 spiro atoms. The smallest absolute Gasteiger partial charge is 0.336 e. The number of H-pyrrole nitrogens is 1. The maximum Gasteiger partial charge on any atom is 0.336 e. The van der Waals surface area contributed by atoms with E-state index in [9.17, 15) is 18.8 Å². The van der Waals surface area contributed by atoms with Gasteiger partial charge in [-0.2, -0.15) is 4.39 Å². The van der Waals surface area contributed by atoms with E-state index in [0.29, 0.717) is 28.7 Å². The third-order valence-corrected chi connectivity index (χ3v) is 3.26. The standard InChI is InChI=1S/C15H16FN3O5/c1-23-11-4-3-9(7-12(11)24-2)5-6-17-14(21)19-8-10(16)13(20)18-15(19)22/h3-4,7-8H,5-6H2,1-2H3,(H,17,21)(H,18,20,22). The van der Waals surface area contributed by atoms with E-state index in [1.165, 1.54) is 14.2 Å². The number of methoxy groups -OCH3 is 2. The zero-order chi connectivity index (χ0) is 17.7. The van der Waals surface area contributed by atoms with Gasteiger partial charge in [-0.25, -0.2) is 14.2 Å². The fourth-order valence-corrected chi connectivity index (χ4v) is 2.03. The lowest BCUT2D eigenvalue weighted by molar-refractivity contribution is 0.241. The van der Waals surface area contributed by atoms with Crippen LogP contribution in [-0.2, 0) is 6.42 Å². The maximum absolute atomic E-state index is 13.2. The van der Waals surface area contributed by atoms with Crippen molar-refractivity contribution in [2.45, 2.75) is 6.42 Å². The van der Waals surface area contributed by atoms with Crippen LogP contribution in [0.1, 0.15) is 5.56 Å². The van der Waals surface area contributed by atoms with E-state index in [0.717, 1.165) is 5.56 Å². The monoisotopic (exact) mass is 337 g/mol. The SMILES string of the molecule is COc1ccc(CCNC(=O)n2cc(F)c(=O)[nH]c2=O)cc1OC. The van der Waals surface area contributed by atoms with Crippen LogP contribution in [0, 0.1) is 5.82 Å². The lowest BCUT2D eigenvalue weighted by Gasteiger charge is -2.10. The number of benzene rings is 1. The number of carbonyl (C=O) groups is 1. The number of hydrogen-bond donors (Lipinski definition) is 2. The van der Waals surface area contributed by atoms with Gasteiger partial charge in [0.05, 0.1) is 20.4 Å².